The van der Waals surface area contributed by atoms with E-state index < -0.39 is 39.4 Å². The summed E-state index contributed by atoms with van der Waals surface area (Å²) in [5.41, 5.74) is 1.84. The molecule has 0 aromatic heterocycles. The summed E-state index contributed by atoms with van der Waals surface area (Å²) in [4.78, 5) is 47.5. The van der Waals surface area contributed by atoms with Crippen LogP contribution in [0.3, 0.4) is 0 Å². The number of hydrogen-bond acceptors (Lipinski definition) is 7. The number of esters is 1. The molecule has 38 heavy (non-hydrogen) atoms. The van der Waals surface area contributed by atoms with Crippen molar-refractivity contribution in [2.45, 2.75) is 55.7 Å². The van der Waals surface area contributed by atoms with Gasteiger partial charge in [0, 0.05) is 35.8 Å². The fraction of sp³-hybridized carbons (Fsp3) is 0.552. The van der Waals surface area contributed by atoms with Gasteiger partial charge >= 0.3 is 5.97 Å². The number of carbonyl (C=O) groups excluding carboxylic acids is 3. The van der Waals surface area contributed by atoms with Gasteiger partial charge in [0.2, 0.25) is 5.91 Å². The largest absolute Gasteiger partial charge is 0.461 e. The Morgan fingerprint density at radius 1 is 1.05 bits per heavy atom. The van der Waals surface area contributed by atoms with E-state index in [2.05, 4.69) is 18.7 Å². The van der Waals surface area contributed by atoms with Crippen molar-refractivity contribution < 1.29 is 24.2 Å². The van der Waals surface area contributed by atoms with Crippen LogP contribution < -0.4 is 9.80 Å². The average Bonchev–Trinajstić information content (AvgIpc) is 3.17. The van der Waals surface area contributed by atoms with Crippen molar-refractivity contribution in [1.82, 2.24) is 4.90 Å². The normalized spacial score (nSPS) is 32.9. The summed E-state index contributed by atoms with van der Waals surface area (Å²) in [5, 5.41) is 10.3. The van der Waals surface area contributed by atoms with Crippen LogP contribution in [0.15, 0.2) is 48.6 Å². The lowest BCUT2D eigenvalue weighted by Crippen LogP contribution is -2.56. The van der Waals surface area contributed by atoms with Gasteiger partial charge in [-0.3, -0.25) is 14.4 Å². The number of anilines is 2. The number of hydrogen-bond donors (Lipinski definition) is 1. The molecule has 1 N–H and O–H groups in total. The van der Waals surface area contributed by atoms with E-state index in [1.54, 1.807) is 9.80 Å². The molecule has 0 aliphatic carbocycles. The molecule has 6 atom stereocenters. The summed E-state index contributed by atoms with van der Waals surface area (Å²) in [6.45, 7) is 10.1. The van der Waals surface area contributed by atoms with Gasteiger partial charge in [0.15, 0.2) is 0 Å². The lowest BCUT2D eigenvalue weighted by atomic mass is 9.75. The molecule has 9 heteroatoms. The van der Waals surface area contributed by atoms with Crippen molar-refractivity contribution in [2.75, 3.05) is 42.6 Å². The number of thioether (sulfide) groups is 1. The summed E-state index contributed by atoms with van der Waals surface area (Å²) in [6.07, 6.45) is 8.22. The van der Waals surface area contributed by atoms with Gasteiger partial charge in [0.1, 0.15) is 12.6 Å². The molecular formula is C29H37N3O5S. The quantitative estimate of drug-likeness (QED) is 0.421. The SMILES string of the molecule is CC[C@@H](CO)N1C(=O)[C@@H]2[C@@H]3C(=O)OCC=C[C@]3(C)S[C@@]23C=CCN(c2ccc(N(CC)CC)cc2)C(=O)C13. The van der Waals surface area contributed by atoms with Gasteiger partial charge in [0.25, 0.3) is 5.91 Å². The first kappa shape index (κ1) is 26.8. The molecule has 4 aliphatic rings. The van der Waals surface area contributed by atoms with E-state index in [1.165, 1.54) is 11.8 Å². The molecular weight excluding hydrogens is 502 g/mol. The number of aliphatic hydroxyl groups is 1. The lowest BCUT2D eigenvalue weighted by molar-refractivity contribution is -0.153. The predicted molar refractivity (Wildman–Crippen MR) is 149 cm³/mol. The third kappa shape index (κ3) is 3.88. The van der Waals surface area contributed by atoms with Gasteiger partial charge < -0.3 is 24.5 Å². The van der Waals surface area contributed by atoms with Crippen LogP contribution in [0, 0.1) is 11.8 Å². The van der Waals surface area contributed by atoms with E-state index in [0.717, 1.165) is 24.5 Å². The standard InChI is InChI=1S/C29H37N3O5S/c1-5-19(18-33)32-24-26(35)31(21-12-10-20(11-13-21)30(6-2)7-3)16-8-15-29(24)22(25(32)34)23-27(36)37-17-9-14-28(23,4)38-29/h8-15,19,22-24,33H,5-7,16-18H2,1-4H3/t19-,22-,23+,24?,28-,29-/m0/s1. The maximum absolute atomic E-state index is 14.5. The number of cyclic esters (lactones) is 1. The topological polar surface area (TPSA) is 90.4 Å². The zero-order valence-corrected chi connectivity index (χ0v) is 23.3. The number of amides is 2. The number of fused-ring (bicyclic) bond motifs is 2. The first-order valence-corrected chi connectivity index (χ1v) is 14.4. The molecule has 4 aliphatic heterocycles. The van der Waals surface area contributed by atoms with Gasteiger partial charge in [-0.25, -0.2) is 0 Å². The third-order valence-electron chi connectivity index (χ3n) is 8.62. The van der Waals surface area contributed by atoms with Crippen molar-refractivity contribution in [3.8, 4) is 0 Å². The molecule has 4 heterocycles. The van der Waals surface area contributed by atoms with E-state index >= 15 is 0 Å². The minimum Gasteiger partial charge on any atom is -0.461 e. The number of carbonyl (C=O) groups is 3. The summed E-state index contributed by atoms with van der Waals surface area (Å²) < 4.78 is 3.84. The maximum atomic E-state index is 14.5. The van der Waals surface area contributed by atoms with Crippen molar-refractivity contribution in [2.24, 2.45) is 11.8 Å². The van der Waals surface area contributed by atoms with Crippen LogP contribution in [0.1, 0.15) is 34.1 Å². The molecule has 0 radical (unpaired) electrons. The van der Waals surface area contributed by atoms with Crippen LogP contribution in [0.2, 0.25) is 0 Å². The average molecular weight is 540 g/mol. The van der Waals surface area contributed by atoms with Crippen LogP contribution in [0.4, 0.5) is 11.4 Å². The minimum atomic E-state index is -0.952. The Morgan fingerprint density at radius 3 is 2.39 bits per heavy atom. The van der Waals surface area contributed by atoms with E-state index in [-0.39, 0.29) is 25.0 Å². The van der Waals surface area contributed by atoms with Crippen molar-refractivity contribution in [1.29, 1.82) is 0 Å². The van der Waals surface area contributed by atoms with Crippen molar-refractivity contribution in [3.05, 3.63) is 48.6 Å². The highest BCUT2D eigenvalue weighted by atomic mass is 32.2. The van der Waals surface area contributed by atoms with Crippen LogP contribution >= 0.6 is 11.8 Å². The zero-order chi connectivity index (χ0) is 27.2. The Hall–Kier alpha value is -2.78. The van der Waals surface area contributed by atoms with E-state index in [0.29, 0.717) is 13.0 Å². The molecule has 8 nitrogen and oxygen atoms in total. The summed E-state index contributed by atoms with van der Waals surface area (Å²) in [7, 11) is 0. The molecule has 2 saturated heterocycles. The molecule has 1 aromatic rings. The van der Waals surface area contributed by atoms with Crippen LogP contribution in [-0.2, 0) is 19.1 Å². The number of benzene rings is 1. The third-order valence-corrected chi connectivity index (χ3v) is 10.4. The number of likely N-dealkylation sites (tertiary alicyclic amines) is 1. The molecule has 0 saturated carbocycles. The number of nitrogens with zero attached hydrogens (tertiary/aromatic N) is 3. The Morgan fingerprint density at radius 2 is 1.76 bits per heavy atom. The van der Waals surface area contributed by atoms with E-state index in [1.807, 2.05) is 62.4 Å². The minimum absolute atomic E-state index is 0.173. The Bertz CT molecular complexity index is 1160. The molecule has 5 rings (SSSR count). The lowest BCUT2D eigenvalue weighted by Gasteiger charge is -2.39. The molecule has 1 aromatic carbocycles. The first-order valence-electron chi connectivity index (χ1n) is 13.6. The smallest absolute Gasteiger partial charge is 0.311 e. The number of aliphatic hydroxyl groups excluding tert-OH is 1. The second-order valence-electron chi connectivity index (χ2n) is 10.6. The van der Waals surface area contributed by atoms with Crippen molar-refractivity contribution in [3.63, 3.8) is 0 Å². The second kappa shape index (κ2) is 10.1. The number of rotatable bonds is 7. The summed E-state index contributed by atoms with van der Waals surface area (Å²) in [5.74, 6) is -2.35. The fourth-order valence-electron chi connectivity index (χ4n) is 6.77. The van der Waals surface area contributed by atoms with Crippen LogP contribution in [0.25, 0.3) is 0 Å². The zero-order valence-electron chi connectivity index (χ0n) is 22.5. The van der Waals surface area contributed by atoms with Gasteiger partial charge in [-0.05, 0) is 57.5 Å². The Balaban J connectivity index is 1.60. The molecule has 1 spiro atoms. The summed E-state index contributed by atoms with van der Waals surface area (Å²) >= 11 is 1.52. The first-order chi connectivity index (χ1) is 18.3. The van der Waals surface area contributed by atoms with Gasteiger partial charge in [0.05, 0.1) is 29.2 Å². The molecule has 2 amide bonds. The van der Waals surface area contributed by atoms with E-state index in [9.17, 15) is 19.5 Å². The van der Waals surface area contributed by atoms with Crippen LogP contribution in [0.5, 0.6) is 0 Å². The highest BCUT2D eigenvalue weighted by molar-refractivity contribution is 8.02. The predicted octanol–water partition coefficient (Wildman–Crippen LogP) is 3.01. The second-order valence-corrected chi connectivity index (χ2v) is 12.4. The highest BCUT2D eigenvalue weighted by Crippen LogP contribution is 2.65. The fourth-order valence-corrected chi connectivity index (χ4v) is 8.91. The van der Waals surface area contributed by atoms with Gasteiger partial charge in [-0.2, -0.15) is 0 Å². The molecule has 0 bridgehead atoms. The highest BCUT2D eigenvalue weighted by Gasteiger charge is 2.74. The summed E-state index contributed by atoms with van der Waals surface area (Å²) in [6, 6.07) is 6.56. The van der Waals surface area contributed by atoms with Crippen LogP contribution in [-0.4, -0.2) is 82.2 Å². The molecule has 1 unspecified atom stereocenters. The molecule has 2 fully saturated rings. The van der Waals surface area contributed by atoms with Gasteiger partial charge in [-0.15, -0.1) is 11.8 Å². The Labute approximate surface area is 228 Å². The van der Waals surface area contributed by atoms with Crippen molar-refractivity contribution >= 4 is 40.9 Å². The maximum Gasteiger partial charge on any atom is 0.311 e. The monoisotopic (exact) mass is 539 g/mol. The van der Waals surface area contributed by atoms with E-state index in [4.69, 9.17) is 4.74 Å². The van der Waals surface area contributed by atoms with Gasteiger partial charge in [-0.1, -0.05) is 25.2 Å². The number of ether oxygens (including phenoxy) is 1. The molecule has 204 valence electrons. The Kier molecular flexibility index (Phi) is 7.11.